The van der Waals surface area contributed by atoms with Crippen LogP contribution in [-0.2, 0) is 0 Å². The van der Waals surface area contributed by atoms with E-state index in [0.29, 0.717) is 12.0 Å². The van der Waals surface area contributed by atoms with Crippen LogP contribution >= 0.6 is 0 Å². The maximum atomic E-state index is 13.2. The summed E-state index contributed by atoms with van der Waals surface area (Å²) in [5.74, 6) is -0.0747. The van der Waals surface area contributed by atoms with Crippen molar-refractivity contribution in [3.8, 4) is 0 Å². The molecule has 0 unspecified atom stereocenters. The van der Waals surface area contributed by atoms with Crippen molar-refractivity contribution < 1.29 is 4.79 Å². The van der Waals surface area contributed by atoms with Crippen LogP contribution in [0.25, 0.3) is 0 Å². The SMILES string of the molecule is CN(C)c1ccc(C2=NN(C(=O)c3ccccc3)[C@@H](c3ccccc3)C2)cc1. The van der Waals surface area contributed by atoms with Crippen LogP contribution < -0.4 is 4.90 Å². The van der Waals surface area contributed by atoms with Crippen LogP contribution in [0.4, 0.5) is 5.69 Å². The molecule has 4 nitrogen and oxygen atoms in total. The lowest BCUT2D eigenvalue weighted by Gasteiger charge is -2.22. The number of hydrogen-bond acceptors (Lipinski definition) is 3. The Morgan fingerprint density at radius 1 is 0.893 bits per heavy atom. The van der Waals surface area contributed by atoms with Crippen LogP contribution in [0, 0.1) is 0 Å². The molecule has 0 saturated carbocycles. The van der Waals surface area contributed by atoms with Crippen molar-refractivity contribution in [3.63, 3.8) is 0 Å². The third-order valence-electron chi connectivity index (χ3n) is 5.04. The molecule has 3 aromatic carbocycles. The molecule has 4 heteroatoms. The van der Waals surface area contributed by atoms with Crippen LogP contribution in [0.3, 0.4) is 0 Å². The smallest absolute Gasteiger partial charge is 0.274 e. The van der Waals surface area contributed by atoms with Gasteiger partial charge in [0.1, 0.15) is 0 Å². The fourth-order valence-corrected chi connectivity index (χ4v) is 3.47. The summed E-state index contributed by atoms with van der Waals surface area (Å²) < 4.78 is 0. The zero-order chi connectivity index (χ0) is 19.5. The first-order chi connectivity index (χ1) is 13.6. The molecule has 0 fully saturated rings. The molecule has 28 heavy (non-hydrogen) atoms. The lowest BCUT2D eigenvalue weighted by atomic mass is 9.98. The number of rotatable bonds is 4. The van der Waals surface area contributed by atoms with Gasteiger partial charge in [-0.3, -0.25) is 4.79 Å². The van der Waals surface area contributed by atoms with Crippen LogP contribution in [-0.4, -0.2) is 30.7 Å². The maximum absolute atomic E-state index is 13.2. The van der Waals surface area contributed by atoms with Gasteiger partial charge in [0, 0.05) is 31.8 Å². The zero-order valence-electron chi connectivity index (χ0n) is 16.1. The van der Waals surface area contributed by atoms with E-state index >= 15 is 0 Å². The lowest BCUT2D eigenvalue weighted by molar-refractivity contribution is 0.0711. The monoisotopic (exact) mass is 369 g/mol. The van der Waals surface area contributed by atoms with Crippen LogP contribution in [0.1, 0.15) is 33.9 Å². The number of carbonyl (C=O) groups is 1. The Balaban J connectivity index is 1.69. The van der Waals surface area contributed by atoms with Gasteiger partial charge < -0.3 is 4.90 Å². The Hall–Kier alpha value is -3.40. The molecular formula is C24H23N3O. The van der Waals surface area contributed by atoms with Crippen molar-refractivity contribution >= 4 is 17.3 Å². The second-order valence-corrected chi connectivity index (χ2v) is 7.13. The molecule has 3 aromatic rings. The van der Waals surface area contributed by atoms with Crippen molar-refractivity contribution in [1.82, 2.24) is 5.01 Å². The average Bonchev–Trinajstić information content (AvgIpc) is 3.20. The molecule has 1 aliphatic heterocycles. The van der Waals surface area contributed by atoms with Gasteiger partial charge in [-0.2, -0.15) is 5.10 Å². The van der Waals surface area contributed by atoms with Gasteiger partial charge >= 0.3 is 0 Å². The number of benzene rings is 3. The topological polar surface area (TPSA) is 35.9 Å². The summed E-state index contributed by atoms with van der Waals surface area (Å²) in [5, 5.41) is 6.39. The predicted molar refractivity (Wildman–Crippen MR) is 114 cm³/mol. The van der Waals surface area contributed by atoms with Crippen molar-refractivity contribution in [2.24, 2.45) is 5.10 Å². The van der Waals surface area contributed by atoms with Gasteiger partial charge in [0.25, 0.3) is 5.91 Å². The van der Waals surface area contributed by atoms with E-state index in [-0.39, 0.29) is 11.9 Å². The molecular weight excluding hydrogens is 346 g/mol. The minimum absolute atomic E-state index is 0.0747. The van der Waals surface area contributed by atoms with Gasteiger partial charge in [-0.1, -0.05) is 60.7 Å². The van der Waals surface area contributed by atoms with E-state index in [4.69, 9.17) is 5.10 Å². The zero-order valence-corrected chi connectivity index (χ0v) is 16.1. The average molecular weight is 369 g/mol. The highest BCUT2D eigenvalue weighted by atomic mass is 16.2. The summed E-state index contributed by atoms with van der Waals surface area (Å²) >= 11 is 0. The molecule has 0 N–H and O–H groups in total. The van der Waals surface area contributed by atoms with Gasteiger partial charge in [0.15, 0.2) is 0 Å². The van der Waals surface area contributed by atoms with Gasteiger partial charge in [-0.15, -0.1) is 0 Å². The Kier molecular flexibility index (Phi) is 4.94. The molecule has 0 saturated heterocycles. The van der Waals surface area contributed by atoms with Crippen molar-refractivity contribution in [2.45, 2.75) is 12.5 Å². The van der Waals surface area contributed by atoms with Crippen LogP contribution in [0.5, 0.6) is 0 Å². The normalized spacial score (nSPS) is 16.0. The first-order valence-electron chi connectivity index (χ1n) is 9.42. The minimum Gasteiger partial charge on any atom is -0.378 e. The van der Waals surface area contributed by atoms with Crippen molar-refractivity contribution in [3.05, 3.63) is 102 Å². The molecule has 0 bridgehead atoms. The predicted octanol–water partition coefficient (Wildman–Crippen LogP) is 4.74. The summed E-state index contributed by atoms with van der Waals surface area (Å²) in [6.07, 6.45) is 0.698. The highest BCUT2D eigenvalue weighted by Crippen LogP contribution is 2.34. The Morgan fingerprint density at radius 3 is 2.11 bits per heavy atom. The quantitative estimate of drug-likeness (QED) is 0.666. The minimum atomic E-state index is -0.0996. The molecule has 140 valence electrons. The van der Waals surface area contributed by atoms with Gasteiger partial charge in [0.05, 0.1) is 11.8 Å². The van der Waals surface area contributed by atoms with Crippen molar-refractivity contribution in [1.29, 1.82) is 0 Å². The summed E-state index contributed by atoms with van der Waals surface area (Å²) in [6, 6.07) is 27.7. The highest BCUT2D eigenvalue weighted by Gasteiger charge is 2.33. The van der Waals surface area contributed by atoms with Gasteiger partial charge in [-0.05, 0) is 35.4 Å². The summed E-state index contributed by atoms with van der Waals surface area (Å²) in [4.78, 5) is 15.2. The second-order valence-electron chi connectivity index (χ2n) is 7.13. The molecule has 0 aromatic heterocycles. The lowest BCUT2D eigenvalue weighted by Crippen LogP contribution is -2.27. The third kappa shape index (κ3) is 3.54. The number of anilines is 1. The van der Waals surface area contributed by atoms with Crippen molar-refractivity contribution in [2.75, 3.05) is 19.0 Å². The Bertz CT molecular complexity index is 979. The van der Waals surface area contributed by atoms with E-state index in [2.05, 4.69) is 41.3 Å². The molecule has 1 amide bonds. The van der Waals surface area contributed by atoms with E-state index < -0.39 is 0 Å². The standard InChI is InChI=1S/C24H23N3O/c1-26(2)21-15-13-18(14-16-21)22-17-23(19-9-5-3-6-10-19)27(25-22)24(28)20-11-7-4-8-12-20/h3-16,23H,17H2,1-2H3/t23-/m1/s1. The third-order valence-corrected chi connectivity index (χ3v) is 5.04. The largest absolute Gasteiger partial charge is 0.378 e. The molecule has 0 aliphatic carbocycles. The Labute approximate surface area is 165 Å². The van der Waals surface area contributed by atoms with E-state index in [1.807, 2.05) is 62.6 Å². The van der Waals surface area contributed by atoms with Crippen LogP contribution in [0.15, 0.2) is 90.0 Å². The molecule has 1 atom stereocenters. The summed E-state index contributed by atoms with van der Waals surface area (Å²) in [6.45, 7) is 0. The van der Waals surface area contributed by atoms with E-state index in [9.17, 15) is 4.79 Å². The van der Waals surface area contributed by atoms with Gasteiger partial charge in [0.2, 0.25) is 0 Å². The second kappa shape index (κ2) is 7.69. The maximum Gasteiger partial charge on any atom is 0.274 e. The first kappa shape index (κ1) is 18.0. The summed E-state index contributed by atoms with van der Waals surface area (Å²) in [7, 11) is 4.04. The van der Waals surface area contributed by atoms with E-state index in [0.717, 1.165) is 22.5 Å². The molecule has 1 heterocycles. The fraction of sp³-hybridized carbons (Fsp3) is 0.167. The van der Waals surface area contributed by atoms with E-state index in [1.165, 1.54) is 0 Å². The Morgan fingerprint density at radius 2 is 1.50 bits per heavy atom. The highest BCUT2D eigenvalue weighted by molar-refractivity contribution is 6.05. The number of nitrogens with zero attached hydrogens (tertiary/aromatic N) is 3. The summed E-state index contributed by atoms with van der Waals surface area (Å²) in [5.41, 5.74) is 4.87. The van der Waals surface area contributed by atoms with Gasteiger partial charge in [-0.25, -0.2) is 5.01 Å². The van der Waals surface area contributed by atoms with Crippen LogP contribution in [0.2, 0.25) is 0 Å². The fourth-order valence-electron chi connectivity index (χ4n) is 3.47. The van der Waals surface area contributed by atoms with E-state index in [1.54, 1.807) is 5.01 Å². The molecule has 4 rings (SSSR count). The number of hydrazone groups is 1. The number of amides is 1. The molecule has 0 spiro atoms. The molecule has 0 radical (unpaired) electrons. The first-order valence-corrected chi connectivity index (χ1v) is 9.42. The molecule has 1 aliphatic rings. The number of carbonyl (C=O) groups excluding carboxylic acids is 1. The number of hydrogen-bond donors (Lipinski definition) is 0.